The summed E-state index contributed by atoms with van der Waals surface area (Å²) < 4.78 is 42.2. The van der Waals surface area contributed by atoms with E-state index in [4.69, 9.17) is 11.5 Å². The van der Waals surface area contributed by atoms with E-state index in [1.807, 2.05) is 4.40 Å². The van der Waals surface area contributed by atoms with Crippen LogP contribution in [0.4, 0.5) is 24.9 Å². The van der Waals surface area contributed by atoms with E-state index >= 15 is 0 Å². The van der Waals surface area contributed by atoms with E-state index in [-0.39, 0.29) is 22.2 Å². The Balaban J connectivity index is 1.43. The number of pyridine rings is 1. The van der Waals surface area contributed by atoms with Crippen LogP contribution in [0.15, 0.2) is 40.5 Å². The van der Waals surface area contributed by atoms with Crippen LogP contribution in [0, 0.1) is 5.41 Å². The fraction of sp³-hybridized carbons (Fsp3) is 0.476. The summed E-state index contributed by atoms with van der Waals surface area (Å²) in [5, 5.41) is 0. The zero-order valence-corrected chi connectivity index (χ0v) is 18.2. The van der Waals surface area contributed by atoms with Gasteiger partial charge in [-0.2, -0.15) is 13.2 Å². The van der Waals surface area contributed by atoms with Gasteiger partial charge in [0.1, 0.15) is 5.82 Å². The normalized spacial score (nSPS) is 21.0. The van der Waals surface area contributed by atoms with Gasteiger partial charge in [0.05, 0.1) is 4.90 Å². The van der Waals surface area contributed by atoms with Crippen LogP contribution in [0.2, 0.25) is 0 Å². The lowest BCUT2D eigenvalue weighted by atomic mass is 9.74. The summed E-state index contributed by atoms with van der Waals surface area (Å²) in [6.45, 7) is 1.70. The number of alkyl halides is 3. The molecule has 7 nitrogen and oxygen atoms in total. The molecular formula is C21H24F3N7S. The van der Waals surface area contributed by atoms with Crippen LogP contribution in [0.3, 0.4) is 0 Å². The maximum atomic E-state index is 13.5. The van der Waals surface area contributed by atoms with Crippen LogP contribution in [0.25, 0.3) is 5.65 Å². The van der Waals surface area contributed by atoms with Gasteiger partial charge < -0.3 is 16.4 Å². The lowest BCUT2D eigenvalue weighted by molar-refractivity contribution is -0.143. The third-order valence-electron chi connectivity index (χ3n) is 6.76. The maximum absolute atomic E-state index is 13.5. The number of halogens is 3. The highest BCUT2D eigenvalue weighted by Gasteiger charge is 2.43. The molecule has 2 fully saturated rings. The molecule has 1 saturated heterocycles. The molecule has 1 aliphatic carbocycles. The van der Waals surface area contributed by atoms with E-state index in [1.54, 1.807) is 18.6 Å². The minimum atomic E-state index is -4.61. The van der Waals surface area contributed by atoms with Gasteiger partial charge in [0.2, 0.25) is 5.95 Å². The van der Waals surface area contributed by atoms with E-state index < -0.39 is 11.9 Å². The topological polar surface area (TPSA) is 98.4 Å². The van der Waals surface area contributed by atoms with E-state index in [1.165, 1.54) is 25.0 Å². The molecule has 11 heteroatoms. The summed E-state index contributed by atoms with van der Waals surface area (Å²) in [5.74, 6) is 0.570. The molecule has 1 saturated carbocycles. The summed E-state index contributed by atoms with van der Waals surface area (Å²) in [6.07, 6.45) is 5.92. The molecule has 5 rings (SSSR count). The number of fused-ring (bicyclic) bond motifs is 1. The number of aromatic nitrogens is 4. The van der Waals surface area contributed by atoms with Crippen molar-refractivity contribution in [1.82, 2.24) is 19.4 Å². The zero-order valence-electron chi connectivity index (χ0n) is 17.3. The van der Waals surface area contributed by atoms with Gasteiger partial charge in [0.25, 0.3) is 0 Å². The SMILES string of the molecule is Nc1ccc(Sc2cnc(N3CCC4(CCC[C@H]4N)CC3)n3ccnc23)c(C(F)(F)F)n1. The van der Waals surface area contributed by atoms with Crippen LogP contribution < -0.4 is 16.4 Å². The van der Waals surface area contributed by atoms with Crippen LogP contribution in [0.5, 0.6) is 0 Å². The van der Waals surface area contributed by atoms with Crippen molar-refractivity contribution >= 4 is 29.2 Å². The first-order chi connectivity index (χ1) is 15.3. The van der Waals surface area contributed by atoms with Crippen molar-refractivity contribution in [3.63, 3.8) is 0 Å². The number of anilines is 2. The van der Waals surface area contributed by atoms with Crippen molar-refractivity contribution in [1.29, 1.82) is 0 Å². The predicted molar refractivity (Wildman–Crippen MR) is 116 cm³/mol. The minimum Gasteiger partial charge on any atom is -0.384 e. The molecule has 0 amide bonds. The van der Waals surface area contributed by atoms with Gasteiger partial charge in [-0.1, -0.05) is 18.2 Å². The largest absolute Gasteiger partial charge is 0.434 e. The molecule has 0 bridgehead atoms. The lowest BCUT2D eigenvalue weighted by Gasteiger charge is -2.42. The average molecular weight is 464 g/mol. The quantitative estimate of drug-likeness (QED) is 0.606. The molecule has 4 heterocycles. The second-order valence-electron chi connectivity index (χ2n) is 8.57. The monoisotopic (exact) mass is 463 g/mol. The van der Waals surface area contributed by atoms with Gasteiger partial charge >= 0.3 is 6.18 Å². The van der Waals surface area contributed by atoms with Gasteiger partial charge in [-0.15, -0.1) is 0 Å². The molecule has 3 aromatic rings. The molecule has 4 N–H and O–H groups in total. The van der Waals surface area contributed by atoms with Gasteiger partial charge in [0.15, 0.2) is 11.3 Å². The van der Waals surface area contributed by atoms with E-state index in [0.29, 0.717) is 10.5 Å². The standard InChI is InChI=1S/C21H24F3N7S/c22-21(23,24)17-13(3-4-16(26)29-17)32-14-12-28-19(31-11-8-27-18(14)31)30-9-6-20(7-10-30)5-1-2-15(20)25/h3-4,8,11-12,15H,1-2,5-7,9-10,25H2,(H2,26,29)/t15-/m1/s1. The summed E-state index contributed by atoms with van der Waals surface area (Å²) in [7, 11) is 0. The van der Waals surface area contributed by atoms with Crippen molar-refractivity contribution in [3.05, 3.63) is 36.4 Å². The average Bonchev–Trinajstić information content (AvgIpc) is 3.38. The van der Waals surface area contributed by atoms with Crippen LogP contribution in [-0.2, 0) is 6.18 Å². The fourth-order valence-corrected chi connectivity index (χ4v) is 5.97. The smallest absolute Gasteiger partial charge is 0.384 e. The third-order valence-corrected chi connectivity index (χ3v) is 7.82. The molecule has 32 heavy (non-hydrogen) atoms. The molecule has 170 valence electrons. The molecule has 1 atom stereocenters. The van der Waals surface area contributed by atoms with Crippen LogP contribution in [-0.4, -0.2) is 38.5 Å². The van der Waals surface area contributed by atoms with Crippen molar-refractivity contribution in [2.24, 2.45) is 11.1 Å². The Kier molecular flexibility index (Phi) is 5.20. The molecule has 0 radical (unpaired) electrons. The first-order valence-corrected chi connectivity index (χ1v) is 11.4. The van der Waals surface area contributed by atoms with Crippen molar-refractivity contribution < 1.29 is 13.2 Å². The summed E-state index contributed by atoms with van der Waals surface area (Å²) in [6, 6.07) is 2.96. The van der Waals surface area contributed by atoms with Crippen molar-refractivity contribution in [2.75, 3.05) is 23.7 Å². The number of rotatable bonds is 3. The Morgan fingerprint density at radius 2 is 1.88 bits per heavy atom. The first kappa shape index (κ1) is 21.3. The lowest BCUT2D eigenvalue weighted by Crippen LogP contribution is -2.47. The number of nitrogens with zero attached hydrogens (tertiary/aromatic N) is 5. The summed E-state index contributed by atoms with van der Waals surface area (Å²) in [4.78, 5) is 15.2. The summed E-state index contributed by atoms with van der Waals surface area (Å²) >= 11 is 0.936. The number of hydrogen-bond acceptors (Lipinski definition) is 7. The Labute approximate surface area is 187 Å². The van der Waals surface area contributed by atoms with Crippen molar-refractivity contribution in [3.8, 4) is 0 Å². The number of hydrogen-bond donors (Lipinski definition) is 2. The molecule has 2 aliphatic rings. The highest BCUT2D eigenvalue weighted by Crippen LogP contribution is 2.46. The Morgan fingerprint density at radius 1 is 1.09 bits per heavy atom. The van der Waals surface area contributed by atoms with Gasteiger partial charge in [0, 0.05) is 42.6 Å². The van der Waals surface area contributed by atoms with E-state index in [2.05, 4.69) is 19.9 Å². The van der Waals surface area contributed by atoms with E-state index in [9.17, 15) is 13.2 Å². The molecule has 1 spiro atoms. The van der Waals surface area contributed by atoms with Gasteiger partial charge in [-0.3, -0.25) is 4.40 Å². The maximum Gasteiger partial charge on any atom is 0.434 e. The van der Waals surface area contributed by atoms with Gasteiger partial charge in [-0.25, -0.2) is 15.0 Å². The Bertz CT molecular complexity index is 1140. The number of nitrogens with two attached hydrogens (primary N) is 2. The molecule has 1 aliphatic heterocycles. The number of nitrogen functional groups attached to an aromatic ring is 1. The first-order valence-electron chi connectivity index (χ1n) is 10.6. The van der Waals surface area contributed by atoms with Crippen LogP contribution >= 0.6 is 11.8 Å². The van der Waals surface area contributed by atoms with Crippen molar-refractivity contribution in [2.45, 2.75) is 54.1 Å². The number of imidazole rings is 1. The Hall–Kier alpha value is -2.53. The van der Waals surface area contributed by atoms with Crippen LogP contribution in [0.1, 0.15) is 37.8 Å². The minimum absolute atomic E-state index is 0.0405. The third kappa shape index (κ3) is 3.66. The molecule has 0 unspecified atom stereocenters. The molecule has 3 aromatic heterocycles. The second-order valence-corrected chi connectivity index (χ2v) is 9.66. The predicted octanol–water partition coefficient (Wildman–Crippen LogP) is 3.97. The second kappa shape index (κ2) is 7.80. The highest BCUT2D eigenvalue weighted by molar-refractivity contribution is 7.99. The highest BCUT2D eigenvalue weighted by atomic mass is 32.2. The Morgan fingerprint density at radius 3 is 2.56 bits per heavy atom. The van der Waals surface area contributed by atoms with E-state index in [0.717, 1.165) is 50.1 Å². The molecular weight excluding hydrogens is 439 g/mol. The zero-order chi connectivity index (χ0) is 22.5. The summed E-state index contributed by atoms with van der Waals surface area (Å²) in [5.41, 5.74) is 11.7. The van der Waals surface area contributed by atoms with Gasteiger partial charge in [-0.05, 0) is 43.2 Å². The number of piperidine rings is 1. The molecule has 0 aromatic carbocycles. The fourth-order valence-electron chi connectivity index (χ4n) is 4.99.